The number of hydrogen-bond acceptors (Lipinski definition) is 6. The lowest BCUT2D eigenvalue weighted by Crippen LogP contribution is -2.43. The number of rotatable bonds is 9. The zero-order valence-electron chi connectivity index (χ0n) is 23.2. The minimum absolute atomic E-state index is 0.0221. The summed E-state index contributed by atoms with van der Waals surface area (Å²) in [6, 6.07) is 14.8. The molecular formula is C29H30F3N5O4S. The van der Waals surface area contributed by atoms with E-state index in [9.17, 15) is 31.2 Å². The number of benzene rings is 2. The predicted molar refractivity (Wildman–Crippen MR) is 150 cm³/mol. The number of hydrogen-bond donors (Lipinski definition) is 2. The van der Waals surface area contributed by atoms with Gasteiger partial charge in [0, 0.05) is 19.3 Å². The molecule has 1 aliphatic heterocycles. The number of nitrogens with one attached hydrogen (secondary N) is 2. The van der Waals surface area contributed by atoms with E-state index >= 15 is 0 Å². The lowest BCUT2D eigenvalue weighted by molar-refractivity contribution is -0.160. The zero-order valence-corrected chi connectivity index (χ0v) is 24.0. The van der Waals surface area contributed by atoms with Gasteiger partial charge in [0.1, 0.15) is 11.4 Å². The van der Waals surface area contributed by atoms with Gasteiger partial charge in [-0.05, 0) is 86.8 Å². The Hall–Kier alpha value is -3.97. The molecule has 0 spiro atoms. The molecule has 9 nitrogen and oxygen atoms in total. The Labute approximate surface area is 241 Å². The van der Waals surface area contributed by atoms with Crippen LogP contribution < -0.4 is 14.9 Å². The molecule has 0 bridgehead atoms. The highest BCUT2D eigenvalue weighted by molar-refractivity contribution is 7.89. The number of halogens is 3. The van der Waals surface area contributed by atoms with Crippen molar-refractivity contribution in [3.05, 3.63) is 83.6 Å². The molecule has 13 heteroatoms. The SMILES string of the molecule is CNS(=O)(=O)c1ccc(CNc2cc(CN3C(=O)N(c4ccc(C5(C(F)(F)F)CC5)cc4)C(=O)C3(C)C)ccn2)cc1. The van der Waals surface area contributed by atoms with Crippen LogP contribution in [-0.4, -0.2) is 49.0 Å². The standard InChI is InChI=1S/C29H30F3N5O4S/c1-27(2)25(38)37(22-8-6-21(7-9-22)28(13-14-28)29(30,31)32)26(39)36(27)18-20-12-15-34-24(16-20)35-17-19-4-10-23(11-5-19)42(40,41)33-3/h4-12,15-16,33H,13-14,17-18H2,1-3H3,(H,34,35). The Morgan fingerprint density at radius 1 is 0.952 bits per heavy atom. The number of amides is 3. The largest absolute Gasteiger partial charge is 0.398 e. The van der Waals surface area contributed by atoms with Crippen LogP contribution in [0.2, 0.25) is 0 Å². The van der Waals surface area contributed by atoms with Crippen LogP contribution >= 0.6 is 0 Å². The van der Waals surface area contributed by atoms with E-state index in [4.69, 9.17) is 0 Å². The molecule has 222 valence electrons. The Morgan fingerprint density at radius 2 is 1.60 bits per heavy atom. The van der Waals surface area contributed by atoms with Crippen molar-refractivity contribution < 1.29 is 31.2 Å². The van der Waals surface area contributed by atoms with Crippen LogP contribution in [0.25, 0.3) is 0 Å². The van der Waals surface area contributed by atoms with Crippen LogP contribution in [0.4, 0.5) is 29.5 Å². The predicted octanol–water partition coefficient (Wildman–Crippen LogP) is 4.94. The maximum atomic E-state index is 13.5. The van der Waals surface area contributed by atoms with Gasteiger partial charge >= 0.3 is 12.2 Å². The molecule has 5 rings (SSSR count). The second-order valence-electron chi connectivity index (χ2n) is 10.9. The molecule has 3 amide bonds. The van der Waals surface area contributed by atoms with E-state index in [1.54, 1.807) is 44.3 Å². The number of imide groups is 1. The molecule has 42 heavy (non-hydrogen) atoms. The van der Waals surface area contributed by atoms with Crippen molar-refractivity contribution in [3.63, 3.8) is 0 Å². The third kappa shape index (κ3) is 5.22. The smallest absolute Gasteiger partial charge is 0.366 e. The first-order chi connectivity index (χ1) is 19.7. The lowest BCUT2D eigenvalue weighted by Gasteiger charge is -2.27. The van der Waals surface area contributed by atoms with Crippen molar-refractivity contribution in [2.45, 2.75) is 61.8 Å². The first-order valence-corrected chi connectivity index (χ1v) is 14.7. The number of pyridine rings is 1. The summed E-state index contributed by atoms with van der Waals surface area (Å²) in [6.45, 7) is 3.71. The lowest BCUT2D eigenvalue weighted by atomic mass is 9.95. The molecule has 1 saturated carbocycles. The van der Waals surface area contributed by atoms with Gasteiger partial charge < -0.3 is 10.2 Å². The van der Waals surface area contributed by atoms with Crippen molar-refractivity contribution in [1.29, 1.82) is 0 Å². The van der Waals surface area contributed by atoms with Crippen molar-refractivity contribution in [1.82, 2.24) is 14.6 Å². The number of urea groups is 1. The number of alkyl halides is 3. The maximum absolute atomic E-state index is 13.5. The second kappa shape index (κ2) is 10.4. The minimum atomic E-state index is -4.36. The molecule has 1 saturated heterocycles. The summed E-state index contributed by atoms with van der Waals surface area (Å²) in [5.41, 5.74) is -1.18. The quantitative estimate of drug-likeness (QED) is 0.336. The summed E-state index contributed by atoms with van der Waals surface area (Å²) >= 11 is 0. The van der Waals surface area contributed by atoms with Crippen LogP contribution in [0.1, 0.15) is 43.4 Å². The molecule has 1 aliphatic carbocycles. The molecule has 2 heterocycles. The maximum Gasteiger partial charge on any atom is 0.398 e. The molecule has 2 aromatic carbocycles. The van der Waals surface area contributed by atoms with Crippen LogP contribution in [0, 0.1) is 0 Å². The van der Waals surface area contributed by atoms with Crippen molar-refractivity contribution in [2.75, 3.05) is 17.3 Å². The van der Waals surface area contributed by atoms with E-state index < -0.39 is 39.1 Å². The highest BCUT2D eigenvalue weighted by Gasteiger charge is 2.64. The summed E-state index contributed by atoms with van der Waals surface area (Å²) in [5, 5.41) is 3.17. The highest BCUT2D eigenvalue weighted by Crippen LogP contribution is 2.59. The van der Waals surface area contributed by atoms with Crippen LogP contribution in [0.15, 0.2) is 71.8 Å². The third-order valence-electron chi connectivity index (χ3n) is 7.94. The Balaban J connectivity index is 1.28. The third-order valence-corrected chi connectivity index (χ3v) is 9.37. The fourth-order valence-electron chi connectivity index (χ4n) is 5.07. The number of carbonyl (C=O) groups excluding carboxylic acids is 2. The van der Waals surface area contributed by atoms with Gasteiger partial charge in [-0.3, -0.25) is 4.79 Å². The molecular weight excluding hydrogens is 571 g/mol. The topological polar surface area (TPSA) is 112 Å². The van der Waals surface area contributed by atoms with E-state index in [0.717, 1.165) is 10.5 Å². The Kier molecular flexibility index (Phi) is 7.30. The number of aromatic nitrogens is 1. The van der Waals surface area contributed by atoms with Gasteiger partial charge in [0.05, 0.1) is 16.0 Å². The van der Waals surface area contributed by atoms with Gasteiger partial charge in [-0.15, -0.1) is 0 Å². The first kappa shape index (κ1) is 29.5. The number of nitrogens with zero attached hydrogens (tertiary/aromatic N) is 3. The normalized spacial score (nSPS) is 18.0. The average molecular weight is 602 g/mol. The van der Waals surface area contributed by atoms with Crippen molar-refractivity contribution in [2.24, 2.45) is 0 Å². The molecule has 1 aromatic heterocycles. The Morgan fingerprint density at radius 3 is 2.17 bits per heavy atom. The van der Waals surface area contributed by atoms with Crippen molar-refractivity contribution in [3.8, 4) is 0 Å². The number of sulfonamides is 1. The highest BCUT2D eigenvalue weighted by atomic mass is 32.2. The summed E-state index contributed by atoms with van der Waals surface area (Å²) < 4.78 is 66.7. The van der Waals surface area contributed by atoms with Crippen LogP contribution in [0.3, 0.4) is 0 Å². The Bertz CT molecular complexity index is 1620. The van der Waals surface area contributed by atoms with Gasteiger partial charge in [-0.2, -0.15) is 13.2 Å². The molecule has 2 fully saturated rings. The van der Waals surface area contributed by atoms with Crippen LogP contribution in [0.5, 0.6) is 0 Å². The number of anilines is 2. The molecule has 0 radical (unpaired) electrons. The molecule has 0 unspecified atom stereocenters. The van der Waals surface area contributed by atoms with Gasteiger partial charge in [0.25, 0.3) is 5.91 Å². The summed E-state index contributed by atoms with van der Waals surface area (Å²) in [7, 11) is -2.19. The van der Waals surface area contributed by atoms with Gasteiger partial charge in [-0.1, -0.05) is 24.3 Å². The molecule has 2 N–H and O–H groups in total. The summed E-state index contributed by atoms with van der Waals surface area (Å²) in [4.78, 5) is 33.7. The fourth-order valence-corrected chi connectivity index (χ4v) is 5.80. The monoisotopic (exact) mass is 601 g/mol. The fraction of sp³-hybridized carbons (Fsp3) is 0.345. The molecule has 0 atom stereocenters. The van der Waals surface area contributed by atoms with E-state index in [1.807, 2.05) is 0 Å². The molecule has 2 aliphatic rings. The second-order valence-corrected chi connectivity index (χ2v) is 12.8. The van der Waals surface area contributed by atoms with E-state index in [1.165, 1.54) is 48.3 Å². The van der Waals surface area contributed by atoms with Crippen molar-refractivity contribution >= 4 is 33.5 Å². The average Bonchev–Trinajstić information content (AvgIpc) is 3.76. The van der Waals surface area contributed by atoms with E-state index in [0.29, 0.717) is 17.9 Å². The summed E-state index contributed by atoms with van der Waals surface area (Å²) in [6.07, 6.45) is -2.74. The van der Waals surface area contributed by atoms with Gasteiger partial charge in [0.15, 0.2) is 0 Å². The first-order valence-electron chi connectivity index (χ1n) is 13.2. The van der Waals surface area contributed by atoms with Gasteiger partial charge in [0.2, 0.25) is 10.0 Å². The zero-order chi connectivity index (χ0) is 30.5. The molecule has 3 aromatic rings. The van der Waals surface area contributed by atoms with Crippen LogP contribution in [-0.2, 0) is 33.3 Å². The van der Waals surface area contributed by atoms with Gasteiger partial charge in [-0.25, -0.2) is 27.8 Å². The number of carbonyl (C=O) groups is 2. The van der Waals surface area contributed by atoms with E-state index in [2.05, 4.69) is 15.0 Å². The minimum Gasteiger partial charge on any atom is -0.366 e. The van der Waals surface area contributed by atoms with E-state index in [-0.39, 0.29) is 35.5 Å². The summed E-state index contributed by atoms with van der Waals surface area (Å²) in [5.74, 6) is 0.0367.